The monoisotopic (exact) mass is 213 g/mol. The van der Waals surface area contributed by atoms with Crippen molar-refractivity contribution in [1.29, 1.82) is 0 Å². The van der Waals surface area contributed by atoms with E-state index in [1.165, 1.54) is 5.56 Å². The van der Waals surface area contributed by atoms with Crippen molar-refractivity contribution in [1.82, 2.24) is 4.98 Å². The lowest BCUT2D eigenvalue weighted by Gasteiger charge is -2.05. The van der Waals surface area contributed by atoms with Crippen molar-refractivity contribution in [2.45, 2.75) is 20.0 Å². The minimum absolute atomic E-state index is 0.0360. The Morgan fingerprint density at radius 1 is 1.06 bits per heavy atom. The number of hydrogen-bond donors (Lipinski definition) is 1. The fourth-order valence-corrected chi connectivity index (χ4v) is 1.70. The number of rotatable bonds is 3. The van der Waals surface area contributed by atoms with Gasteiger partial charge in [-0.15, -0.1) is 0 Å². The number of benzene rings is 1. The second-order valence-electron chi connectivity index (χ2n) is 3.79. The maximum atomic E-state index is 9.07. The smallest absolute Gasteiger partial charge is 0.0697 e. The molecule has 1 heterocycles. The molecule has 0 amide bonds. The maximum Gasteiger partial charge on any atom is 0.0697 e. The van der Waals surface area contributed by atoms with Crippen molar-refractivity contribution in [3.8, 4) is 11.1 Å². The predicted molar refractivity (Wildman–Crippen MR) is 65.0 cm³/mol. The van der Waals surface area contributed by atoms with E-state index in [0.29, 0.717) is 0 Å². The molecule has 82 valence electrons. The largest absolute Gasteiger partial charge is 0.392 e. The average molecular weight is 213 g/mol. The van der Waals surface area contributed by atoms with Gasteiger partial charge < -0.3 is 5.11 Å². The first-order valence-electron chi connectivity index (χ1n) is 5.47. The van der Waals surface area contributed by atoms with Gasteiger partial charge in [-0.2, -0.15) is 0 Å². The second kappa shape index (κ2) is 4.90. The van der Waals surface area contributed by atoms with Gasteiger partial charge in [0.05, 0.1) is 6.61 Å². The van der Waals surface area contributed by atoms with Crippen LogP contribution < -0.4 is 0 Å². The van der Waals surface area contributed by atoms with Crippen LogP contribution in [0.25, 0.3) is 11.1 Å². The number of hydrogen-bond acceptors (Lipinski definition) is 2. The quantitative estimate of drug-likeness (QED) is 0.850. The molecule has 0 saturated heterocycles. The lowest BCUT2D eigenvalue weighted by molar-refractivity contribution is 0.281. The van der Waals surface area contributed by atoms with Crippen LogP contribution in [-0.4, -0.2) is 10.1 Å². The van der Waals surface area contributed by atoms with Gasteiger partial charge in [0.25, 0.3) is 0 Å². The molecule has 1 N–H and O–H groups in total. The van der Waals surface area contributed by atoms with E-state index in [2.05, 4.69) is 36.2 Å². The Hall–Kier alpha value is -1.67. The zero-order chi connectivity index (χ0) is 11.4. The normalized spacial score (nSPS) is 10.4. The van der Waals surface area contributed by atoms with E-state index in [1.807, 2.05) is 12.3 Å². The van der Waals surface area contributed by atoms with Crippen LogP contribution >= 0.6 is 0 Å². The Kier molecular flexibility index (Phi) is 3.32. The van der Waals surface area contributed by atoms with Crippen LogP contribution in [0.4, 0.5) is 0 Å². The van der Waals surface area contributed by atoms with E-state index in [-0.39, 0.29) is 6.61 Å². The number of nitrogens with zero attached hydrogens (tertiary/aromatic N) is 1. The highest BCUT2D eigenvalue weighted by Gasteiger charge is 2.00. The highest BCUT2D eigenvalue weighted by molar-refractivity contribution is 5.63. The van der Waals surface area contributed by atoms with Gasteiger partial charge in [-0.1, -0.05) is 31.2 Å². The minimum Gasteiger partial charge on any atom is -0.392 e. The van der Waals surface area contributed by atoms with Crippen molar-refractivity contribution in [2.75, 3.05) is 0 Å². The molecule has 0 aliphatic rings. The lowest BCUT2D eigenvalue weighted by Crippen LogP contribution is -1.88. The molecule has 0 bridgehead atoms. The molecule has 2 rings (SSSR count). The molecule has 2 heteroatoms. The van der Waals surface area contributed by atoms with E-state index < -0.39 is 0 Å². The summed E-state index contributed by atoms with van der Waals surface area (Å²) >= 11 is 0. The zero-order valence-corrected chi connectivity index (χ0v) is 9.35. The van der Waals surface area contributed by atoms with Crippen molar-refractivity contribution >= 4 is 0 Å². The Morgan fingerprint density at radius 3 is 2.62 bits per heavy atom. The van der Waals surface area contributed by atoms with Crippen molar-refractivity contribution in [3.05, 3.63) is 53.9 Å². The second-order valence-corrected chi connectivity index (χ2v) is 3.79. The van der Waals surface area contributed by atoms with E-state index in [1.54, 1.807) is 6.20 Å². The van der Waals surface area contributed by atoms with Gasteiger partial charge in [-0.25, -0.2) is 0 Å². The van der Waals surface area contributed by atoms with Crippen molar-refractivity contribution in [2.24, 2.45) is 0 Å². The fourth-order valence-electron chi connectivity index (χ4n) is 1.70. The number of aryl methyl sites for hydroxylation is 1. The summed E-state index contributed by atoms with van der Waals surface area (Å²) in [5.41, 5.74) is 4.37. The standard InChI is InChI=1S/C14H15NO/c1-2-11-4-3-5-13(6-11)14-7-12(10-16)8-15-9-14/h3-9,16H,2,10H2,1H3. The van der Waals surface area contributed by atoms with Gasteiger partial charge in [-0.3, -0.25) is 4.98 Å². The highest BCUT2D eigenvalue weighted by atomic mass is 16.3. The van der Waals surface area contributed by atoms with Crippen LogP contribution in [0.15, 0.2) is 42.7 Å². The number of pyridine rings is 1. The van der Waals surface area contributed by atoms with Gasteiger partial charge in [0.15, 0.2) is 0 Å². The van der Waals surface area contributed by atoms with E-state index in [9.17, 15) is 0 Å². The molecular formula is C14H15NO. The highest BCUT2D eigenvalue weighted by Crippen LogP contribution is 2.20. The SMILES string of the molecule is CCc1cccc(-c2cncc(CO)c2)c1. The summed E-state index contributed by atoms with van der Waals surface area (Å²) < 4.78 is 0. The molecule has 0 aliphatic carbocycles. The molecule has 0 atom stereocenters. The van der Waals surface area contributed by atoms with Crippen LogP contribution in [0.2, 0.25) is 0 Å². The first-order valence-corrected chi connectivity index (χ1v) is 5.47. The fraction of sp³-hybridized carbons (Fsp3) is 0.214. The molecule has 0 saturated carbocycles. The zero-order valence-electron chi connectivity index (χ0n) is 9.35. The summed E-state index contributed by atoms with van der Waals surface area (Å²) in [6.07, 6.45) is 4.54. The average Bonchev–Trinajstić information content (AvgIpc) is 2.39. The molecule has 0 radical (unpaired) electrons. The molecule has 2 nitrogen and oxygen atoms in total. The van der Waals surface area contributed by atoms with Crippen LogP contribution in [0, 0.1) is 0 Å². The van der Waals surface area contributed by atoms with Gasteiger partial charge in [-0.05, 0) is 29.2 Å². The molecule has 2 aromatic rings. The van der Waals surface area contributed by atoms with E-state index in [0.717, 1.165) is 23.1 Å². The molecule has 1 aromatic carbocycles. The Bertz CT molecular complexity index is 434. The number of aliphatic hydroxyl groups excluding tert-OH is 1. The summed E-state index contributed by atoms with van der Waals surface area (Å²) in [5, 5.41) is 9.07. The molecule has 16 heavy (non-hydrogen) atoms. The third-order valence-corrected chi connectivity index (χ3v) is 2.65. The third kappa shape index (κ3) is 2.28. The molecular weight excluding hydrogens is 198 g/mol. The maximum absolute atomic E-state index is 9.07. The summed E-state index contributed by atoms with van der Waals surface area (Å²) in [6.45, 7) is 2.18. The summed E-state index contributed by atoms with van der Waals surface area (Å²) in [6, 6.07) is 10.4. The molecule has 0 unspecified atom stereocenters. The summed E-state index contributed by atoms with van der Waals surface area (Å²) in [5.74, 6) is 0. The molecule has 0 spiro atoms. The molecule has 0 fully saturated rings. The lowest BCUT2D eigenvalue weighted by atomic mass is 10.0. The van der Waals surface area contributed by atoms with Crippen LogP contribution in [0.3, 0.4) is 0 Å². The van der Waals surface area contributed by atoms with Crippen LogP contribution in [-0.2, 0) is 13.0 Å². The first kappa shape index (κ1) is 10.8. The van der Waals surface area contributed by atoms with Crippen LogP contribution in [0.5, 0.6) is 0 Å². The predicted octanol–water partition coefficient (Wildman–Crippen LogP) is 2.80. The van der Waals surface area contributed by atoms with Gasteiger partial charge in [0.1, 0.15) is 0 Å². The summed E-state index contributed by atoms with van der Waals surface area (Å²) in [7, 11) is 0. The minimum atomic E-state index is 0.0360. The van der Waals surface area contributed by atoms with Crippen LogP contribution in [0.1, 0.15) is 18.1 Å². The number of aromatic nitrogens is 1. The molecule has 1 aromatic heterocycles. The van der Waals surface area contributed by atoms with Crippen molar-refractivity contribution in [3.63, 3.8) is 0 Å². The summed E-state index contributed by atoms with van der Waals surface area (Å²) in [4.78, 5) is 4.13. The van der Waals surface area contributed by atoms with Crippen molar-refractivity contribution < 1.29 is 5.11 Å². The topological polar surface area (TPSA) is 33.1 Å². The Labute approximate surface area is 95.6 Å². The van der Waals surface area contributed by atoms with Gasteiger partial charge in [0.2, 0.25) is 0 Å². The van der Waals surface area contributed by atoms with E-state index >= 15 is 0 Å². The van der Waals surface area contributed by atoms with Gasteiger partial charge in [0, 0.05) is 18.0 Å². The Balaban J connectivity index is 2.41. The first-order chi connectivity index (χ1) is 7.83. The number of aliphatic hydroxyl groups is 1. The third-order valence-electron chi connectivity index (χ3n) is 2.65. The van der Waals surface area contributed by atoms with Gasteiger partial charge >= 0.3 is 0 Å². The molecule has 0 aliphatic heterocycles. The Morgan fingerprint density at radius 2 is 1.88 bits per heavy atom. The van der Waals surface area contributed by atoms with E-state index in [4.69, 9.17) is 5.11 Å².